The molecular weight excluding hydrogens is 222 g/mol. The maximum absolute atomic E-state index is 9.94. The minimum atomic E-state index is 0.373. The van der Waals surface area contributed by atoms with Crippen LogP contribution in [0.4, 0.5) is 0 Å². The van der Waals surface area contributed by atoms with Crippen molar-refractivity contribution in [3.05, 3.63) is 35.5 Å². The lowest BCUT2D eigenvalue weighted by Gasteiger charge is -2.13. The Labute approximate surface area is 109 Å². The molecule has 0 aliphatic carbocycles. The molecule has 2 heteroatoms. The molecule has 0 radical (unpaired) electrons. The second kappa shape index (κ2) is 4.60. The minimum Gasteiger partial charge on any atom is -0.507 e. The molecule has 0 aliphatic rings. The summed E-state index contributed by atoms with van der Waals surface area (Å²) in [6.07, 6.45) is 0. The molecule has 0 aliphatic heterocycles. The first kappa shape index (κ1) is 12.9. The molecule has 2 rings (SSSR count). The van der Waals surface area contributed by atoms with E-state index in [9.17, 15) is 5.11 Å². The highest BCUT2D eigenvalue weighted by Crippen LogP contribution is 2.25. The Kier molecular flexibility index (Phi) is 3.29. The summed E-state index contributed by atoms with van der Waals surface area (Å²) in [5, 5.41) is 11.1. The average molecular weight is 244 g/mol. The van der Waals surface area contributed by atoms with Gasteiger partial charge in [0.15, 0.2) is 11.7 Å². The number of fused-ring (bicyclic) bond motifs is 1. The number of nitrogens with zero attached hydrogens (tertiary/aromatic N) is 1. The van der Waals surface area contributed by atoms with E-state index in [4.69, 9.17) is 0 Å². The van der Waals surface area contributed by atoms with Crippen LogP contribution in [0.2, 0.25) is 0 Å². The van der Waals surface area contributed by atoms with Crippen LogP contribution >= 0.6 is 0 Å². The van der Waals surface area contributed by atoms with Crippen molar-refractivity contribution < 1.29 is 9.67 Å². The van der Waals surface area contributed by atoms with Gasteiger partial charge in [-0.3, -0.25) is 0 Å². The maximum atomic E-state index is 9.94. The molecule has 1 aromatic carbocycles. The fraction of sp³-hybridized carbons (Fsp3) is 0.438. The zero-order valence-electron chi connectivity index (χ0n) is 11.9. The zero-order valence-corrected chi connectivity index (χ0v) is 11.9. The lowest BCUT2D eigenvalue weighted by Crippen LogP contribution is -2.41. The molecule has 2 aromatic rings. The lowest BCUT2D eigenvalue weighted by atomic mass is 10.0. The van der Waals surface area contributed by atoms with Gasteiger partial charge in [0.25, 0.3) is 0 Å². The first-order chi connectivity index (χ1) is 8.41. The summed E-state index contributed by atoms with van der Waals surface area (Å²) in [4.78, 5) is 0. The third-order valence-corrected chi connectivity index (χ3v) is 3.42. The van der Waals surface area contributed by atoms with E-state index in [1.54, 1.807) is 0 Å². The highest BCUT2D eigenvalue weighted by atomic mass is 16.3. The number of pyridine rings is 1. The molecule has 1 heterocycles. The lowest BCUT2D eigenvalue weighted by molar-refractivity contribution is -0.699. The second-order valence-electron chi connectivity index (χ2n) is 5.57. The van der Waals surface area contributed by atoms with Crippen molar-refractivity contribution >= 4 is 10.9 Å². The number of hydrogen-bond acceptors (Lipinski definition) is 1. The van der Waals surface area contributed by atoms with Crippen LogP contribution < -0.4 is 4.57 Å². The normalized spacial score (nSPS) is 11.7. The summed E-state index contributed by atoms with van der Waals surface area (Å²) < 4.78 is 2.32. The molecule has 2 nitrogen and oxygen atoms in total. The van der Waals surface area contributed by atoms with Crippen LogP contribution in [0.15, 0.2) is 24.3 Å². The number of hydrogen-bond donors (Lipinski definition) is 1. The van der Waals surface area contributed by atoms with E-state index in [1.807, 2.05) is 19.1 Å². The van der Waals surface area contributed by atoms with Crippen LogP contribution in [0.25, 0.3) is 10.9 Å². The Balaban J connectivity index is 2.85. The van der Waals surface area contributed by atoms with Crippen molar-refractivity contribution in [1.29, 1.82) is 0 Å². The monoisotopic (exact) mass is 244 g/mol. The van der Waals surface area contributed by atoms with Crippen molar-refractivity contribution in [3.8, 4) is 5.75 Å². The van der Waals surface area contributed by atoms with E-state index < -0.39 is 0 Å². The van der Waals surface area contributed by atoms with Crippen LogP contribution in [0.5, 0.6) is 5.75 Å². The first-order valence-electron chi connectivity index (χ1n) is 6.59. The summed E-state index contributed by atoms with van der Waals surface area (Å²) in [5.41, 5.74) is 3.34. The molecule has 0 saturated heterocycles. The van der Waals surface area contributed by atoms with Gasteiger partial charge in [-0.2, -0.15) is 4.57 Å². The topological polar surface area (TPSA) is 24.1 Å². The Morgan fingerprint density at radius 2 is 1.72 bits per heavy atom. The van der Waals surface area contributed by atoms with Crippen LogP contribution in [0.1, 0.15) is 50.9 Å². The predicted octanol–water partition coefficient (Wildman–Crippen LogP) is 3.85. The van der Waals surface area contributed by atoms with Crippen LogP contribution in [0, 0.1) is 6.92 Å². The van der Waals surface area contributed by atoms with E-state index >= 15 is 0 Å². The summed E-state index contributed by atoms with van der Waals surface area (Å²) in [6, 6.07) is 8.66. The standard InChI is InChI=1S/C16H21NO/c1-10(2)14-7-6-13-8-12(5)16(18)9-15(13)17(14)11(3)4/h6-11H,1-5H3/p+1. The van der Waals surface area contributed by atoms with Gasteiger partial charge < -0.3 is 5.11 Å². The Hall–Kier alpha value is -1.57. The van der Waals surface area contributed by atoms with Gasteiger partial charge in [-0.05, 0) is 38.5 Å². The highest BCUT2D eigenvalue weighted by Gasteiger charge is 2.21. The van der Waals surface area contributed by atoms with Crippen molar-refractivity contribution in [1.82, 2.24) is 0 Å². The summed E-state index contributed by atoms with van der Waals surface area (Å²) in [6.45, 7) is 10.7. The third-order valence-electron chi connectivity index (χ3n) is 3.42. The molecule has 1 aromatic heterocycles. The number of aromatic hydroxyl groups is 1. The number of phenolic OH excluding ortho intramolecular Hbond substituents is 1. The number of phenols is 1. The van der Waals surface area contributed by atoms with Gasteiger partial charge in [-0.15, -0.1) is 0 Å². The van der Waals surface area contributed by atoms with E-state index in [-0.39, 0.29) is 0 Å². The average Bonchev–Trinajstić information content (AvgIpc) is 2.28. The van der Waals surface area contributed by atoms with Gasteiger partial charge >= 0.3 is 0 Å². The van der Waals surface area contributed by atoms with Crippen LogP contribution in [-0.4, -0.2) is 5.11 Å². The smallest absolute Gasteiger partial charge is 0.216 e. The van der Waals surface area contributed by atoms with E-state index in [0.717, 1.165) is 11.1 Å². The SMILES string of the molecule is Cc1cc2ccc(C(C)C)[n+](C(C)C)c2cc1O. The molecule has 0 unspecified atom stereocenters. The molecule has 1 N–H and O–H groups in total. The van der Waals surface area contributed by atoms with Crippen molar-refractivity contribution in [3.63, 3.8) is 0 Å². The van der Waals surface area contributed by atoms with Crippen LogP contribution in [-0.2, 0) is 0 Å². The molecule has 0 bridgehead atoms. The molecule has 96 valence electrons. The fourth-order valence-corrected chi connectivity index (χ4v) is 2.49. The minimum absolute atomic E-state index is 0.373. The number of aromatic nitrogens is 1. The van der Waals surface area contributed by atoms with Gasteiger partial charge in [0, 0.05) is 17.4 Å². The number of rotatable bonds is 2. The Morgan fingerprint density at radius 1 is 1.06 bits per heavy atom. The predicted molar refractivity (Wildman–Crippen MR) is 75.0 cm³/mol. The van der Waals surface area contributed by atoms with E-state index in [0.29, 0.717) is 17.7 Å². The summed E-state index contributed by atoms with van der Waals surface area (Å²) >= 11 is 0. The van der Waals surface area contributed by atoms with Crippen molar-refractivity contribution in [2.24, 2.45) is 0 Å². The quantitative estimate of drug-likeness (QED) is 0.797. The Bertz CT molecular complexity index is 585. The molecule has 0 atom stereocenters. The zero-order chi connectivity index (χ0) is 13.4. The maximum Gasteiger partial charge on any atom is 0.216 e. The number of benzene rings is 1. The largest absolute Gasteiger partial charge is 0.507 e. The first-order valence-corrected chi connectivity index (χ1v) is 6.59. The van der Waals surface area contributed by atoms with Gasteiger partial charge in [-0.25, -0.2) is 0 Å². The Morgan fingerprint density at radius 3 is 2.28 bits per heavy atom. The van der Waals surface area contributed by atoms with E-state index in [1.165, 1.54) is 11.1 Å². The van der Waals surface area contributed by atoms with Gasteiger partial charge in [0.2, 0.25) is 5.52 Å². The highest BCUT2D eigenvalue weighted by molar-refractivity contribution is 5.78. The molecular formula is C16H22NO+. The van der Waals surface area contributed by atoms with Gasteiger partial charge in [-0.1, -0.05) is 13.8 Å². The van der Waals surface area contributed by atoms with Crippen molar-refractivity contribution in [2.45, 2.75) is 46.6 Å². The molecule has 0 saturated carbocycles. The molecule has 18 heavy (non-hydrogen) atoms. The second-order valence-corrected chi connectivity index (χ2v) is 5.57. The van der Waals surface area contributed by atoms with E-state index in [2.05, 4.69) is 44.4 Å². The van der Waals surface area contributed by atoms with Gasteiger partial charge in [0.1, 0.15) is 5.75 Å². The summed E-state index contributed by atoms with van der Waals surface area (Å²) in [5.74, 6) is 0.845. The van der Waals surface area contributed by atoms with Crippen LogP contribution in [0.3, 0.4) is 0 Å². The van der Waals surface area contributed by atoms with Crippen molar-refractivity contribution in [2.75, 3.05) is 0 Å². The molecule has 0 spiro atoms. The number of aryl methyl sites for hydroxylation is 1. The molecule has 0 fully saturated rings. The fourth-order valence-electron chi connectivity index (χ4n) is 2.49. The van der Waals surface area contributed by atoms with Gasteiger partial charge in [0.05, 0.1) is 6.07 Å². The molecule has 0 amide bonds. The summed E-state index contributed by atoms with van der Waals surface area (Å²) in [7, 11) is 0. The third kappa shape index (κ3) is 2.07.